The Morgan fingerprint density at radius 1 is 1.50 bits per heavy atom. The van der Waals surface area contributed by atoms with Gasteiger partial charge in [-0.1, -0.05) is 18.0 Å². The van der Waals surface area contributed by atoms with Gasteiger partial charge in [0.15, 0.2) is 5.82 Å². The number of hydrogen-bond donors (Lipinski definition) is 2. The first-order chi connectivity index (χ1) is 7.79. The smallest absolute Gasteiger partial charge is 0.246 e. The number of carbonyl (C=O) groups is 1. The second kappa shape index (κ2) is 5.07. The zero-order chi connectivity index (χ0) is 11.4. The average molecular weight is 224 g/mol. The summed E-state index contributed by atoms with van der Waals surface area (Å²) < 4.78 is 5.06. The standard InChI is InChI=1S/C10H16N4O2/c11-5-8(15)12-6-9-13-10(14-16-9)7-3-1-2-4-7/h7H,1-6,11H2,(H,12,15). The maximum Gasteiger partial charge on any atom is 0.246 e. The van der Waals surface area contributed by atoms with Crippen LogP contribution in [-0.2, 0) is 11.3 Å². The van der Waals surface area contributed by atoms with Crippen LogP contribution in [0.25, 0.3) is 0 Å². The van der Waals surface area contributed by atoms with Gasteiger partial charge in [0.1, 0.15) is 0 Å². The van der Waals surface area contributed by atoms with Crippen molar-refractivity contribution in [1.29, 1.82) is 0 Å². The molecule has 1 aromatic heterocycles. The van der Waals surface area contributed by atoms with Crippen LogP contribution in [0.2, 0.25) is 0 Å². The molecule has 1 amide bonds. The van der Waals surface area contributed by atoms with Crippen LogP contribution >= 0.6 is 0 Å². The molecule has 1 saturated carbocycles. The molecule has 3 N–H and O–H groups in total. The predicted molar refractivity (Wildman–Crippen MR) is 56.4 cm³/mol. The van der Waals surface area contributed by atoms with E-state index < -0.39 is 0 Å². The van der Waals surface area contributed by atoms with E-state index in [-0.39, 0.29) is 19.0 Å². The lowest BCUT2D eigenvalue weighted by Gasteiger charge is -2.00. The molecule has 1 aromatic rings. The van der Waals surface area contributed by atoms with Gasteiger partial charge in [-0.25, -0.2) is 0 Å². The molecule has 0 unspecified atom stereocenters. The molecule has 0 radical (unpaired) electrons. The highest BCUT2D eigenvalue weighted by Gasteiger charge is 2.22. The molecule has 2 rings (SSSR count). The molecule has 0 spiro atoms. The lowest BCUT2D eigenvalue weighted by atomic mass is 10.1. The Morgan fingerprint density at radius 3 is 2.94 bits per heavy atom. The summed E-state index contributed by atoms with van der Waals surface area (Å²) in [7, 11) is 0. The Kier molecular flexibility index (Phi) is 3.51. The Balaban J connectivity index is 1.89. The van der Waals surface area contributed by atoms with Crippen molar-refractivity contribution in [2.75, 3.05) is 6.54 Å². The SMILES string of the molecule is NCC(=O)NCc1nc(C2CCCC2)no1. The predicted octanol–water partition coefficient (Wildman–Crippen LogP) is 0.302. The molecule has 6 heteroatoms. The third-order valence-electron chi connectivity index (χ3n) is 2.83. The molecule has 0 saturated heterocycles. The largest absolute Gasteiger partial charge is 0.346 e. The quantitative estimate of drug-likeness (QED) is 0.767. The molecule has 0 bridgehead atoms. The van der Waals surface area contributed by atoms with Crippen molar-refractivity contribution >= 4 is 5.91 Å². The fraction of sp³-hybridized carbons (Fsp3) is 0.700. The molecule has 0 aliphatic heterocycles. The molecule has 1 heterocycles. The Bertz CT molecular complexity index is 357. The summed E-state index contributed by atoms with van der Waals surface area (Å²) in [4.78, 5) is 15.2. The second-order valence-corrected chi connectivity index (χ2v) is 4.01. The molecule has 1 aliphatic carbocycles. The van der Waals surface area contributed by atoms with Crippen LogP contribution in [0.4, 0.5) is 0 Å². The summed E-state index contributed by atoms with van der Waals surface area (Å²) in [6.07, 6.45) is 4.74. The van der Waals surface area contributed by atoms with Crippen LogP contribution in [0.5, 0.6) is 0 Å². The molecular weight excluding hydrogens is 208 g/mol. The summed E-state index contributed by atoms with van der Waals surface area (Å²) in [5.41, 5.74) is 5.16. The molecule has 0 atom stereocenters. The van der Waals surface area contributed by atoms with Crippen molar-refractivity contribution in [1.82, 2.24) is 15.5 Å². The minimum absolute atomic E-state index is 0.0242. The van der Waals surface area contributed by atoms with E-state index in [2.05, 4.69) is 15.5 Å². The highest BCUT2D eigenvalue weighted by atomic mass is 16.5. The van der Waals surface area contributed by atoms with Crippen LogP contribution in [0.3, 0.4) is 0 Å². The number of amides is 1. The molecule has 0 aromatic carbocycles. The first-order valence-electron chi connectivity index (χ1n) is 5.59. The van der Waals surface area contributed by atoms with Crippen LogP contribution < -0.4 is 11.1 Å². The van der Waals surface area contributed by atoms with E-state index in [0.717, 1.165) is 18.7 Å². The van der Waals surface area contributed by atoms with Crippen molar-refractivity contribution in [3.8, 4) is 0 Å². The van der Waals surface area contributed by atoms with Crippen molar-refractivity contribution in [3.63, 3.8) is 0 Å². The maximum atomic E-state index is 10.9. The number of carbonyl (C=O) groups excluding carboxylic acids is 1. The molecule has 16 heavy (non-hydrogen) atoms. The van der Waals surface area contributed by atoms with Crippen LogP contribution in [0.15, 0.2) is 4.52 Å². The first kappa shape index (κ1) is 11.1. The van der Waals surface area contributed by atoms with Gasteiger partial charge in [-0.05, 0) is 12.8 Å². The lowest BCUT2D eigenvalue weighted by Crippen LogP contribution is -2.29. The van der Waals surface area contributed by atoms with E-state index in [1.807, 2.05) is 0 Å². The Hall–Kier alpha value is -1.43. The molecule has 1 aliphatic rings. The Labute approximate surface area is 93.6 Å². The summed E-state index contributed by atoms with van der Waals surface area (Å²) >= 11 is 0. The Morgan fingerprint density at radius 2 is 2.25 bits per heavy atom. The summed E-state index contributed by atoms with van der Waals surface area (Å²) in [6.45, 7) is 0.235. The number of nitrogens with zero attached hydrogens (tertiary/aromatic N) is 2. The number of nitrogens with one attached hydrogen (secondary N) is 1. The van der Waals surface area contributed by atoms with Crippen molar-refractivity contribution in [2.24, 2.45) is 5.73 Å². The maximum absolute atomic E-state index is 10.9. The summed E-state index contributed by atoms with van der Waals surface area (Å²) in [5, 5.41) is 6.53. The van der Waals surface area contributed by atoms with Crippen molar-refractivity contribution < 1.29 is 9.32 Å². The zero-order valence-corrected chi connectivity index (χ0v) is 9.11. The number of hydrogen-bond acceptors (Lipinski definition) is 5. The van der Waals surface area contributed by atoms with Crippen LogP contribution in [-0.4, -0.2) is 22.6 Å². The fourth-order valence-electron chi connectivity index (χ4n) is 1.94. The van der Waals surface area contributed by atoms with Crippen molar-refractivity contribution in [2.45, 2.75) is 38.1 Å². The van der Waals surface area contributed by atoms with E-state index >= 15 is 0 Å². The fourth-order valence-corrected chi connectivity index (χ4v) is 1.94. The van der Waals surface area contributed by atoms with Gasteiger partial charge in [-0.2, -0.15) is 4.98 Å². The highest BCUT2D eigenvalue weighted by molar-refractivity contribution is 5.77. The molecule has 88 valence electrons. The molecular formula is C10H16N4O2. The average Bonchev–Trinajstić information content (AvgIpc) is 2.95. The van der Waals surface area contributed by atoms with Gasteiger partial charge in [0.2, 0.25) is 11.8 Å². The zero-order valence-electron chi connectivity index (χ0n) is 9.11. The minimum Gasteiger partial charge on any atom is -0.346 e. The van der Waals surface area contributed by atoms with Gasteiger partial charge < -0.3 is 15.6 Å². The van der Waals surface area contributed by atoms with Crippen LogP contribution in [0.1, 0.15) is 43.3 Å². The van der Waals surface area contributed by atoms with E-state index in [0.29, 0.717) is 11.8 Å². The normalized spacial score (nSPS) is 16.6. The summed E-state index contributed by atoms with van der Waals surface area (Å²) in [5.74, 6) is 1.43. The molecule has 1 fully saturated rings. The van der Waals surface area contributed by atoms with Crippen LogP contribution in [0, 0.1) is 0 Å². The van der Waals surface area contributed by atoms with Gasteiger partial charge in [-0.3, -0.25) is 4.79 Å². The number of aromatic nitrogens is 2. The van der Waals surface area contributed by atoms with Gasteiger partial charge in [-0.15, -0.1) is 0 Å². The number of nitrogens with two attached hydrogens (primary N) is 1. The van der Waals surface area contributed by atoms with E-state index in [4.69, 9.17) is 10.3 Å². The van der Waals surface area contributed by atoms with E-state index in [1.54, 1.807) is 0 Å². The van der Waals surface area contributed by atoms with Gasteiger partial charge in [0.05, 0.1) is 13.1 Å². The molecule has 6 nitrogen and oxygen atoms in total. The van der Waals surface area contributed by atoms with Gasteiger partial charge >= 0.3 is 0 Å². The topological polar surface area (TPSA) is 94.0 Å². The second-order valence-electron chi connectivity index (χ2n) is 4.01. The summed E-state index contributed by atoms with van der Waals surface area (Å²) in [6, 6.07) is 0. The monoisotopic (exact) mass is 224 g/mol. The van der Waals surface area contributed by atoms with Gasteiger partial charge in [0.25, 0.3) is 0 Å². The van der Waals surface area contributed by atoms with E-state index in [9.17, 15) is 4.79 Å². The van der Waals surface area contributed by atoms with Gasteiger partial charge in [0, 0.05) is 5.92 Å². The minimum atomic E-state index is -0.222. The number of rotatable bonds is 4. The highest BCUT2D eigenvalue weighted by Crippen LogP contribution is 2.32. The van der Waals surface area contributed by atoms with Crippen molar-refractivity contribution in [3.05, 3.63) is 11.7 Å². The third kappa shape index (κ3) is 2.57. The first-order valence-corrected chi connectivity index (χ1v) is 5.59. The third-order valence-corrected chi connectivity index (χ3v) is 2.83. The lowest BCUT2D eigenvalue weighted by molar-refractivity contribution is -0.120. The van der Waals surface area contributed by atoms with E-state index in [1.165, 1.54) is 12.8 Å².